The van der Waals surface area contributed by atoms with Crippen LogP contribution in [-0.4, -0.2) is 16.1 Å². The minimum absolute atomic E-state index is 0.0272. The van der Waals surface area contributed by atoms with Gasteiger partial charge in [-0.25, -0.2) is 9.78 Å². The molecule has 5 nitrogen and oxygen atoms in total. The molecule has 0 fully saturated rings. The van der Waals surface area contributed by atoms with E-state index in [2.05, 4.69) is 14.7 Å². The molecule has 6 heteroatoms. The molecule has 2 heterocycles. The summed E-state index contributed by atoms with van der Waals surface area (Å²) in [5, 5.41) is 1.27. The Morgan fingerprint density at radius 2 is 2.31 bits per heavy atom. The van der Waals surface area contributed by atoms with Gasteiger partial charge in [0, 0.05) is 11.6 Å². The monoisotopic (exact) mass is 237 g/mol. The third-order valence-corrected chi connectivity index (χ3v) is 2.17. The number of pyridine rings is 2. The summed E-state index contributed by atoms with van der Waals surface area (Å²) in [4.78, 5) is 18.6. The van der Waals surface area contributed by atoms with Gasteiger partial charge in [0.05, 0.1) is 11.2 Å². The van der Waals surface area contributed by atoms with E-state index in [-0.39, 0.29) is 6.61 Å². The van der Waals surface area contributed by atoms with Gasteiger partial charge in [-0.15, -0.1) is 0 Å². The van der Waals surface area contributed by atoms with Crippen LogP contribution >= 0.6 is 11.6 Å². The number of primary amides is 1. The van der Waals surface area contributed by atoms with Crippen molar-refractivity contribution in [2.75, 3.05) is 0 Å². The van der Waals surface area contributed by atoms with Crippen molar-refractivity contribution in [3.05, 3.63) is 35.2 Å². The second-order valence-corrected chi connectivity index (χ2v) is 3.50. The average molecular weight is 238 g/mol. The number of carbonyl (C=O) groups is 1. The Bertz CT molecular complexity index is 545. The van der Waals surface area contributed by atoms with Crippen LogP contribution in [0.3, 0.4) is 0 Å². The molecular weight excluding hydrogens is 230 g/mol. The molecule has 0 spiro atoms. The molecule has 82 valence electrons. The lowest BCUT2D eigenvalue weighted by molar-refractivity contribution is 0.149. The lowest BCUT2D eigenvalue weighted by Crippen LogP contribution is -2.13. The van der Waals surface area contributed by atoms with Crippen LogP contribution in [0, 0.1) is 0 Å². The van der Waals surface area contributed by atoms with Crippen LogP contribution in [0.4, 0.5) is 4.79 Å². The molecule has 0 aliphatic rings. The molecule has 0 saturated carbocycles. The maximum absolute atomic E-state index is 10.4. The summed E-state index contributed by atoms with van der Waals surface area (Å²) in [7, 11) is 0. The maximum atomic E-state index is 10.4. The van der Waals surface area contributed by atoms with Gasteiger partial charge in [0.25, 0.3) is 0 Å². The summed E-state index contributed by atoms with van der Waals surface area (Å²) in [6.45, 7) is 0.0272. The number of amides is 1. The van der Waals surface area contributed by atoms with E-state index in [4.69, 9.17) is 17.3 Å². The van der Waals surface area contributed by atoms with E-state index in [1.54, 1.807) is 18.3 Å². The highest BCUT2D eigenvalue weighted by atomic mass is 35.5. The van der Waals surface area contributed by atoms with Crippen molar-refractivity contribution in [2.24, 2.45) is 5.73 Å². The molecular formula is C10H8ClN3O2. The Labute approximate surface area is 96.2 Å². The lowest BCUT2D eigenvalue weighted by atomic mass is 10.2. The van der Waals surface area contributed by atoms with Crippen LogP contribution in [0.1, 0.15) is 5.69 Å². The van der Waals surface area contributed by atoms with Crippen LogP contribution < -0.4 is 5.73 Å². The average Bonchev–Trinajstić information content (AvgIpc) is 2.25. The number of nitrogens with two attached hydrogens (primary N) is 1. The first-order valence-corrected chi connectivity index (χ1v) is 4.86. The number of fused-ring (bicyclic) bond motifs is 1. The fourth-order valence-electron chi connectivity index (χ4n) is 1.26. The third kappa shape index (κ3) is 2.38. The highest BCUT2D eigenvalue weighted by molar-refractivity contribution is 6.29. The number of halogens is 1. The Morgan fingerprint density at radius 3 is 3.06 bits per heavy atom. The number of hydrogen-bond acceptors (Lipinski definition) is 4. The van der Waals surface area contributed by atoms with Gasteiger partial charge in [-0.3, -0.25) is 4.98 Å². The fraction of sp³-hybridized carbons (Fsp3) is 0.100. The largest absolute Gasteiger partial charge is 0.443 e. The first-order valence-electron chi connectivity index (χ1n) is 4.48. The topological polar surface area (TPSA) is 78.1 Å². The van der Waals surface area contributed by atoms with Crippen molar-refractivity contribution >= 4 is 28.6 Å². The van der Waals surface area contributed by atoms with E-state index in [0.717, 1.165) is 5.39 Å². The van der Waals surface area contributed by atoms with Crippen molar-refractivity contribution in [1.29, 1.82) is 0 Å². The Kier molecular flexibility index (Phi) is 2.87. The second-order valence-electron chi connectivity index (χ2n) is 3.11. The van der Waals surface area contributed by atoms with E-state index < -0.39 is 6.09 Å². The van der Waals surface area contributed by atoms with Crippen LogP contribution in [0.15, 0.2) is 24.4 Å². The summed E-state index contributed by atoms with van der Waals surface area (Å²) >= 11 is 5.76. The summed E-state index contributed by atoms with van der Waals surface area (Å²) in [6, 6.07) is 5.20. The number of carbonyl (C=O) groups excluding carboxylic acids is 1. The molecule has 1 amide bonds. The van der Waals surface area contributed by atoms with Gasteiger partial charge in [0.15, 0.2) is 0 Å². The minimum atomic E-state index is -0.832. The van der Waals surface area contributed by atoms with Crippen molar-refractivity contribution < 1.29 is 9.53 Å². The predicted molar refractivity (Wildman–Crippen MR) is 58.9 cm³/mol. The molecule has 0 saturated heterocycles. The molecule has 16 heavy (non-hydrogen) atoms. The molecule has 2 rings (SSSR count). The quantitative estimate of drug-likeness (QED) is 0.809. The zero-order valence-electron chi connectivity index (χ0n) is 8.18. The molecule has 0 aromatic carbocycles. The first kappa shape index (κ1) is 10.6. The Balaban J connectivity index is 2.31. The highest BCUT2D eigenvalue weighted by Gasteiger charge is 2.02. The summed E-state index contributed by atoms with van der Waals surface area (Å²) in [5.74, 6) is 0. The smallest absolute Gasteiger partial charge is 0.404 e. The molecule has 0 unspecified atom stereocenters. The van der Waals surface area contributed by atoms with Crippen LogP contribution in [0.25, 0.3) is 10.9 Å². The van der Waals surface area contributed by atoms with Gasteiger partial charge in [0.1, 0.15) is 11.8 Å². The van der Waals surface area contributed by atoms with Crippen LogP contribution in [-0.2, 0) is 11.3 Å². The number of rotatable bonds is 2. The van der Waals surface area contributed by atoms with Gasteiger partial charge in [-0.05, 0) is 18.2 Å². The van der Waals surface area contributed by atoms with Gasteiger partial charge in [-0.1, -0.05) is 11.6 Å². The van der Waals surface area contributed by atoms with Crippen molar-refractivity contribution in [3.8, 4) is 0 Å². The third-order valence-electron chi connectivity index (χ3n) is 1.96. The molecule has 2 aromatic heterocycles. The van der Waals surface area contributed by atoms with E-state index in [0.29, 0.717) is 16.4 Å². The minimum Gasteiger partial charge on any atom is -0.443 e. The molecule has 0 aliphatic carbocycles. The van der Waals surface area contributed by atoms with E-state index in [9.17, 15) is 4.79 Å². The van der Waals surface area contributed by atoms with Gasteiger partial charge < -0.3 is 10.5 Å². The molecule has 0 radical (unpaired) electrons. The molecule has 2 aromatic rings. The van der Waals surface area contributed by atoms with Gasteiger partial charge in [0.2, 0.25) is 0 Å². The Morgan fingerprint density at radius 1 is 1.50 bits per heavy atom. The maximum Gasteiger partial charge on any atom is 0.404 e. The fourth-order valence-corrected chi connectivity index (χ4v) is 1.41. The van der Waals surface area contributed by atoms with Crippen LogP contribution in [0.2, 0.25) is 5.15 Å². The second kappa shape index (κ2) is 4.32. The number of nitrogens with zero attached hydrogens (tertiary/aromatic N) is 2. The molecule has 0 atom stereocenters. The standard InChI is InChI=1S/C10H8ClN3O2/c11-9-2-1-6-4-13-7(3-8(6)14-9)5-16-10(12)15/h1-4H,5H2,(H2,12,15). The van der Waals surface area contributed by atoms with Crippen LogP contribution in [0.5, 0.6) is 0 Å². The summed E-state index contributed by atoms with van der Waals surface area (Å²) in [6.07, 6.45) is 0.805. The van der Waals surface area contributed by atoms with Crippen molar-refractivity contribution in [3.63, 3.8) is 0 Å². The highest BCUT2D eigenvalue weighted by Crippen LogP contribution is 2.15. The molecule has 0 bridgehead atoms. The van der Waals surface area contributed by atoms with E-state index >= 15 is 0 Å². The first-order chi connectivity index (χ1) is 7.65. The van der Waals surface area contributed by atoms with Crippen molar-refractivity contribution in [1.82, 2.24) is 9.97 Å². The number of ether oxygens (including phenoxy) is 1. The zero-order valence-corrected chi connectivity index (χ0v) is 8.94. The number of hydrogen-bond donors (Lipinski definition) is 1. The predicted octanol–water partition coefficient (Wildman–Crippen LogP) is 1.88. The SMILES string of the molecule is NC(=O)OCc1cc2nc(Cl)ccc2cn1. The van der Waals surface area contributed by atoms with Gasteiger partial charge in [-0.2, -0.15) is 0 Å². The number of aromatic nitrogens is 2. The van der Waals surface area contributed by atoms with E-state index in [1.807, 2.05) is 6.07 Å². The lowest BCUT2D eigenvalue weighted by Gasteiger charge is -2.02. The molecule has 2 N–H and O–H groups in total. The van der Waals surface area contributed by atoms with E-state index in [1.165, 1.54) is 0 Å². The van der Waals surface area contributed by atoms with Gasteiger partial charge >= 0.3 is 6.09 Å². The summed E-state index contributed by atoms with van der Waals surface area (Å²) in [5.41, 5.74) is 6.12. The molecule has 0 aliphatic heterocycles. The summed E-state index contributed by atoms with van der Waals surface area (Å²) < 4.78 is 4.62. The Hall–Kier alpha value is -1.88. The zero-order chi connectivity index (χ0) is 11.5. The van der Waals surface area contributed by atoms with Crippen molar-refractivity contribution in [2.45, 2.75) is 6.61 Å². The normalized spacial score (nSPS) is 10.3.